The molecule has 0 atom stereocenters. The molecule has 6 heteroatoms. The zero-order valence-corrected chi connectivity index (χ0v) is 9.20. The van der Waals surface area contributed by atoms with Crippen molar-refractivity contribution in [1.29, 1.82) is 5.26 Å². The summed E-state index contributed by atoms with van der Waals surface area (Å²) in [7, 11) is 0. The summed E-state index contributed by atoms with van der Waals surface area (Å²) in [6, 6.07) is 2.00. The largest absolute Gasteiger partial charge is 0.481 e. The maximum atomic E-state index is 10.8. The van der Waals surface area contributed by atoms with Crippen LogP contribution in [0.15, 0.2) is 12.4 Å². The first-order chi connectivity index (χ1) is 8.22. The number of carbonyl (C=O) groups is 1. The van der Waals surface area contributed by atoms with Crippen LogP contribution in [0.3, 0.4) is 0 Å². The van der Waals surface area contributed by atoms with E-state index in [1.54, 1.807) is 6.20 Å². The summed E-state index contributed by atoms with van der Waals surface area (Å²) in [6.07, 6.45) is 4.18. The third kappa shape index (κ3) is 2.33. The van der Waals surface area contributed by atoms with Gasteiger partial charge in [-0.1, -0.05) is 0 Å². The molecule has 17 heavy (non-hydrogen) atoms. The molecule has 1 fully saturated rings. The Morgan fingerprint density at radius 2 is 2.06 bits per heavy atom. The molecular weight excluding hydrogens is 220 g/mol. The van der Waals surface area contributed by atoms with E-state index in [2.05, 4.69) is 9.97 Å². The first-order valence-electron chi connectivity index (χ1n) is 5.41. The van der Waals surface area contributed by atoms with Crippen molar-refractivity contribution < 1.29 is 9.90 Å². The smallest absolute Gasteiger partial charge is 0.306 e. The van der Waals surface area contributed by atoms with Gasteiger partial charge in [0.15, 0.2) is 11.5 Å². The topological polar surface area (TPSA) is 90.1 Å². The highest BCUT2D eigenvalue weighted by atomic mass is 16.4. The van der Waals surface area contributed by atoms with E-state index >= 15 is 0 Å². The molecule has 0 spiro atoms. The molecule has 1 aliphatic rings. The van der Waals surface area contributed by atoms with Crippen molar-refractivity contribution in [2.45, 2.75) is 12.8 Å². The molecule has 0 saturated carbocycles. The second-order valence-electron chi connectivity index (χ2n) is 3.94. The van der Waals surface area contributed by atoms with Gasteiger partial charge in [-0.05, 0) is 12.8 Å². The van der Waals surface area contributed by atoms with Gasteiger partial charge in [0, 0.05) is 25.5 Å². The van der Waals surface area contributed by atoms with Crippen molar-refractivity contribution in [3.8, 4) is 6.07 Å². The Balaban J connectivity index is 2.11. The SMILES string of the molecule is N#Cc1nccnc1N1CCC(C(=O)O)CC1. The second kappa shape index (κ2) is 4.78. The van der Waals surface area contributed by atoms with Crippen molar-refractivity contribution in [2.24, 2.45) is 5.92 Å². The molecule has 1 aromatic rings. The van der Waals surface area contributed by atoms with Crippen LogP contribution in [0.4, 0.5) is 5.82 Å². The van der Waals surface area contributed by atoms with Gasteiger partial charge < -0.3 is 10.0 Å². The first kappa shape index (κ1) is 11.3. The number of piperidine rings is 1. The third-order valence-electron chi connectivity index (χ3n) is 2.93. The minimum Gasteiger partial charge on any atom is -0.481 e. The van der Waals surface area contributed by atoms with Gasteiger partial charge >= 0.3 is 5.97 Å². The molecule has 1 saturated heterocycles. The maximum absolute atomic E-state index is 10.8. The van der Waals surface area contributed by atoms with Crippen LogP contribution in [0.2, 0.25) is 0 Å². The van der Waals surface area contributed by atoms with E-state index in [0.29, 0.717) is 37.4 Å². The Kier molecular flexibility index (Phi) is 3.19. The normalized spacial score (nSPS) is 16.5. The highest BCUT2D eigenvalue weighted by molar-refractivity contribution is 5.70. The van der Waals surface area contributed by atoms with Crippen LogP contribution in [-0.4, -0.2) is 34.1 Å². The van der Waals surface area contributed by atoms with Gasteiger partial charge in [0.25, 0.3) is 0 Å². The number of aromatic nitrogens is 2. The molecule has 88 valence electrons. The van der Waals surface area contributed by atoms with Crippen LogP contribution in [0.5, 0.6) is 0 Å². The molecule has 1 aliphatic heterocycles. The lowest BCUT2D eigenvalue weighted by molar-refractivity contribution is -0.142. The predicted molar refractivity (Wildman–Crippen MR) is 59.3 cm³/mol. The number of carboxylic acid groups (broad SMARTS) is 1. The van der Waals surface area contributed by atoms with E-state index in [1.165, 1.54) is 6.20 Å². The lowest BCUT2D eigenvalue weighted by Crippen LogP contribution is -2.37. The fourth-order valence-corrected chi connectivity index (χ4v) is 1.98. The summed E-state index contributed by atoms with van der Waals surface area (Å²) in [6.45, 7) is 1.20. The van der Waals surface area contributed by atoms with Crippen LogP contribution >= 0.6 is 0 Å². The van der Waals surface area contributed by atoms with Crippen molar-refractivity contribution in [3.63, 3.8) is 0 Å². The fraction of sp³-hybridized carbons (Fsp3) is 0.455. The number of nitrogens with zero attached hydrogens (tertiary/aromatic N) is 4. The summed E-state index contributed by atoms with van der Waals surface area (Å²) in [5, 5.41) is 17.8. The van der Waals surface area contributed by atoms with Crippen molar-refractivity contribution in [3.05, 3.63) is 18.1 Å². The Morgan fingerprint density at radius 1 is 1.41 bits per heavy atom. The summed E-state index contributed by atoms with van der Waals surface area (Å²) in [4.78, 5) is 20.8. The minimum atomic E-state index is -0.746. The number of aliphatic carboxylic acids is 1. The van der Waals surface area contributed by atoms with Gasteiger partial charge in [0.1, 0.15) is 6.07 Å². The van der Waals surface area contributed by atoms with Crippen molar-refractivity contribution in [1.82, 2.24) is 9.97 Å². The number of hydrogen-bond donors (Lipinski definition) is 1. The summed E-state index contributed by atoms with van der Waals surface area (Å²) < 4.78 is 0. The number of hydrogen-bond acceptors (Lipinski definition) is 5. The average Bonchev–Trinajstić information content (AvgIpc) is 2.39. The lowest BCUT2D eigenvalue weighted by atomic mass is 9.97. The highest BCUT2D eigenvalue weighted by Crippen LogP contribution is 2.23. The summed E-state index contributed by atoms with van der Waals surface area (Å²) in [5.41, 5.74) is 0.293. The Hall–Kier alpha value is -2.16. The molecule has 2 heterocycles. The summed E-state index contributed by atoms with van der Waals surface area (Å²) >= 11 is 0. The average molecular weight is 232 g/mol. The number of rotatable bonds is 2. The second-order valence-corrected chi connectivity index (χ2v) is 3.94. The van der Waals surface area contributed by atoms with Crippen molar-refractivity contribution >= 4 is 11.8 Å². The molecule has 0 unspecified atom stereocenters. The number of carboxylic acids is 1. The monoisotopic (exact) mass is 232 g/mol. The van der Waals surface area contributed by atoms with E-state index in [9.17, 15) is 4.79 Å². The lowest BCUT2D eigenvalue weighted by Gasteiger charge is -2.30. The third-order valence-corrected chi connectivity index (χ3v) is 2.93. The highest BCUT2D eigenvalue weighted by Gasteiger charge is 2.26. The standard InChI is InChI=1S/C11H12N4O2/c12-7-9-10(14-4-3-13-9)15-5-1-8(2-6-15)11(16)17/h3-4,8H,1-2,5-6H2,(H,16,17). The van der Waals surface area contributed by atoms with Crippen molar-refractivity contribution in [2.75, 3.05) is 18.0 Å². The Bertz CT molecular complexity index is 461. The van der Waals surface area contributed by atoms with Gasteiger partial charge in [-0.15, -0.1) is 0 Å². The molecule has 0 bridgehead atoms. The van der Waals surface area contributed by atoms with Gasteiger partial charge in [-0.2, -0.15) is 5.26 Å². The molecule has 6 nitrogen and oxygen atoms in total. The number of anilines is 1. The van der Waals surface area contributed by atoms with Gasteiger partial charge in [0.05, 0.1) is 5.92 Å². The quantitative estimate of drug-likeness (QED) is 0.805. The van der Waals surface area contributed by atoms with Crippen LogP contribution in [0, 0.1) is 17.2 Å². The Labute approximate surface area is 98.5 Å². The number of nitriles is 1. The molecular formula is C11H12N4O2. The maximum Gasteiger partial charge on any atom is 0.306 e. The van der Waals surface area contributed by atoms with E-state index in [1.807, 2.05) is 11.0 Å². The van der Waals surface area contributed by atoms with Crippen LogP contribution in [0.1, 0.15) is 18.5 Å². The van der Waals surface area contributed by atoms with E-state index < -0.39 is 5.97 Å². The first-order valence-corrected chi connectivity index (χ1v) is 5.41. The zero-order chi connectivity index (χ0) is 12.3. The van der Waals surface area contributed by atoms with Crippen LogP contribution < -0.4 is 4.90 Å². The van der Waals surface area contributed by atoms with Crippen LogP contribution in [-0.2, 0) is 4.79 Å². The van der Waals surface area contributed by atoms with Gasteiger partial charge in [-0.25, -0.2) is 9.97 Å². The Morgan fingerprint density at radius 3 is 2.65 bits per heavy atom. The minimum absolute atomic E-state index is 0.284. The molecule has 0 aliphatic carbocycles. The molecule has 0 aromatic carbocycles. The van der Waals surface area contributed by atoms with E-state index in [-0.39, 0.29) is 5.92 Å². The fourth-order valence-electron chi connectivity index (χ4n) is 1.98. The van der Waals surface area contributed by atoms with Gasteiger partial charge in [0.2, 0.25) is 0 Å². The zero-order valence-electron chi connectivity index (χ0n) is 9.20. The van der Waals surface area contributed by atoms with E-state index in [0.717, 1.165) is 0 Å². The molecule has 1 N–H and O–H groups in total. The summed E-state index contributed by atoms with van der Waals surface area (Å²) in [5.74, 6) is -0.475. The van der Waals surface area contributed by atoms with Crippen LogP contribution in [0.25, 0.3) is 0 Å². The predicted octanol–water partition coefficient (Wildman–Crippen LogP) is 0.649. The van der Waals surface area contributed by atoms with E-state index in [4.69, 9.17) is 10.4 Å². The molecule has 0 radical (unpaired) electrons. The molecule has 2 rings (SSSR count). The molecule has 0 amide bonds. The van der Waals surface area contributed by atoms with Gasteiger partial charge in [-0.3, -0.25) is 4.79 Å². The molecule has 1 aromatic heterocycles.